The second-order valence-electron chi connectivity index (χ2n) is 7.44. The first-order valence-corrected chi connectivity index (χ1v) is 10.2. The number of hydrogen-bond donors (Lipinski definition) is 2. The Bertz CT molecular complexity index is 1390. The van der Waals surface area contributed by atoms with E-state index in [-0.39, 0.29) is 18.2 Å². The van der Waals surface area contributed by atoms with E-state index in [0.717, 1.165) is 10.2 Å². The van der Waals surface area contributed by atoms with E-state index in [1.807, 2.05) is 30.3 Å². The van der Waals surface area contributed by atoms with Crippen molar-refractivity contribution in [2.45, 2.75) is 20.0 Å². The lowest BCUT2D eigenvalue weighted by Crippen LogP contribution is -2.28. The maximum Gasteiger partial charge on any atom is 0.350 e. The summed E-state index contributed by atoms with van der Waals surface area (Å²) < 4.78 is 2.26. The van der Waals surface area contributed by atoms with Crippen molar-refractivity contribution < 1.29 is 14.4 Å². The molecule has 9 nitrogen and oxygen atoms in total. The Kier molecular flexibility index (Phi) is 6.12. The average Bonchev–Trinajstić information content (AvgIpc) is 3.12. The van der Waals surface area contributed by atoms with Crippen LogP contribution < -0.4 is 16.3 Å². The number of aromatic nitrogens is 3. The summed E-state index contributed by atoms with van der Waals surface area (Å²) in [6, 6.07) is 19.0. The van der Waals surface area contributed by atoms with Gasteiger partial charge in [0.05, 0.1) is 5.56 Å². The first kappa shape index (κ1) is 21.7. The molecule has 4 aromatic rings. The lowest BCUT2D eigenvalue weighted by atomic mass is 10.1. The largest absolute Gasteiger partial charge is 0.350 e. The van der Waals surface area contributed by atoms with Crippen LogP contribution in [0.3, 0.4) is 0 Å². The van der Waals surface area contributed by atoms with Crippen LogP contribution in [0.1, 0.15) is 33.2 Å². The molecule has 0 unspecified atom stereocenters. The van der Waals surface area contributed by atoms with Crippen molar-refractivity contribution in [1.29, 1.82) is 0 Å². The summed E-state index contributed by atoms with van der Waals surface area (Å²) >= 11 is 0. The maximum absolute atomic E-state index is 12.7. The van der Waals surface area contributed by atoms with Crippen LogP contribution in [0.4, 0.5) is 5.69 Å². The summed E-state index contributed by atoms with van der Waals surface area (Å²) in [4.78, 5) is 48.9. The van der Waals surface area contributed by atoms with E-state index in [9.17, 15) is 19.2 Å². The number of amides is 2. The highest BCUT2D eigenvalue weighted by Gasteiger charge is 2.14. The van der Waals surface area contributed by atoms with Gasteiger partial charge >= 0.3 is 5.69 Å². The summed E-state index contributed by atoms with van der Waals surface area (Å²) in [7, 11) is 0. The van der Waals surface area contributed by atoms with Crippen LogP contribution >= 0.6 is 0 Å². The summed E-state index contributed by atoms with van der Waals surface area (Å²) in [6.07, 6.45) is 1.40. The minimum absolute atomic E-state index is 0.0720. The summed E-state index contributed by atoms with van der Waals surface area (Å²) in [5.41, 5.74) is 2.07. The molecule has 0 saturated carbocycles. The number of benzene rings is 2. The number of carbonyl (C=O) groups is 3. The molecule has 0 radical (unpaired) electrons. The van der Waals surface area contributed by atoms with Gasteiger partial charge in [-0.2, -0.15) is 0 Å². The number of nitrogens with zero attached hydrogens (tertiary/aromatic N) is 3. The van der Waals surface area contributed by atoms with Crippen molar-refractivity contribution >= 4 is 28.9 Å². The van der Waals surface area contributed by atoms with Crippen molar-refractivity contribution in [3.8, 4) is 0 Å². The van der Waals surface area contributed by atoms with Gasteiger partial charge in [0.1, 0.15) is 6.54 Å². The molecule has 9 heteroatoms. The molecule has 2 aromatic heterocycles. The minimum atomic E-state index is -0.537. The summed E-state index contributed by atoms with van der Waals surface area (Å²) in [5.74, 6) is -0.846. The Morgan fingerprint density at radius 2 is 1.61 bits per heavy atom. The molecule has 0 fully saturated rings. The monoisotopic (exact) mass is 443 g/mol. The van der Waals surface area contributed by atoms with Gasteiger partial charge in [-0.05, 0) is 48.9 Å². The van der Waals surface area contributed by atoms with Crippen molar-refractivity contribution in [1.82, 2.24) is 19.5 Å². The molecular weight excluding hydrogens is 422 g/mol. The molecule has 2 heterocycles. The molecule has 0 aliphatic carbocycles. The average molecular weight is 443 g/mol. The second kappa shape index (κ2) is 9.31. The van der Waals surface area contributed by atoms with Crippen molar-refractivity contribution in [3.63, 3.8) is 0 Å². The Morgan fingerprint density at radius 3 is 2.30 bits per heavy atom. The zero-order chi connectivity index (χ0) is 23.4. The molecule has 0 spiro atoms. The highest BCUT2D eigenvalue weighted by atomic mass is 16.2. The molecule has 166 valence electrons. The van der Waals surface area contributed by atoms with Crippen LogP contribution in [0.25, 0.3) is 5.65 Å². The number of ketones is 1. The van der Waals surface area contributed by atoms with Crippen LogP contribution in [0, 0.1) is 0 Å². The molecule has 0 atom stereocenters. The maximum atomic E-state index is 12.7. The fraction of sp³-hybridized carbons (Fsp3) is 0.125. The van der Waals surface area contributed by atoms with Crippen LogP contribution in [-0.2, 0) is 17.9 Å². The zero-order valence-corrected chi connectivity index (χ0v) is 17.8. The fourth-order valence-corrected chi connectivity index (χ4v) is 3.26. The highest BCUT2D eigenvalue weighted by Crippen LogP contribution is 2.10. The molecule has 0 aliphatic rings. The molecule has 2 N–H and O–H groups in total. The molecule has 4 rings (SSSR count). The number of rotatable bonds is 7. The Labute approximate surface area is 188 Å². The Balaban J connectivity index is 1.45. The van der Waals surface area contributed by atoms with Gasteiger partial charge in [-0.3, -0.25) is 14.4 Å². The van der Waals surface area contributed by atoms with Gasteiger partial charge in [-0.25, -0.2) is 13.9 Å². The van der Waals surface area contributed by atoms with E-state index in [4.69, 9.17) is 0 Å². The van der Waals surface area contributed by atoms with Crippen LogP contribution in [0.5, 0.6) is 0 Å². The lowest BCUT2D eigenvalue weighted by molar-refractivity contribution is -0.117. The van der Waals surface area contributed by atoms with Gasteiger partial charge in [0.2, 0.25) is 5.91 Å². The Morgan fingerprint density at radius 1 is 0.909 bits per heavy atom. The molecule has 0 bridgehead atoms. The zero-order valence-electron chi connectivity index (χ0n) is 17.8. The molecule has 2 amide bonds. The van der Waals surface area contributed by atoms with Gasteiger partial charge in [0, 0.05) is 24.0 Å². The molecule has 0 saturated heterocycles. The number of carbonyl (C=O) groups excluding carboxylic acids is 3. The van der Waals surface area contributed by atoms with E-state index in [1.165, 1.54) is 17.5 Å². The predicted molar refractivity (Wildman–Crippen MR) is 122 cm³/mol. The van der Waals surface area contributed by atoms with Crippen molar-refractivity contribution in [2.75, 3.05) is 5.32 Å². The molecule has 0 aliphatic heterocycles. The molecule has 33 heavy (non-hydrogen) atoms. The summed E-state index contributed by atoms with van der Waals surface area (Å²) in [6.45, 7) is 1.52. The number of nitrogens with one attached hydrogen (secondary N) is 2. The van der Waals surface area contributed by atoms with Crippen molar-refractivity contribution in [3.05, 3.63) is 100 Å². The lowest BCUT2D eigenvalue weighted by Gasteiger charge is -2.05. The van der Waals surface area contributed by atoms with Gasteiger partial charge in [0.25, 0.3) is 5.91 Å². The van der Waals surface area contributed by atoms with Crippen LogP contribution in [0.2, 0.25) is 0 Å². The minimum Gasteiger partial charge on any atom is -0.348 e. The summed E-state index contributed by atoms with van der Waals surface area (Å²) in [5, 5.41) is 9.63. The van der Waals surface area contributed by atoms with E-state index in [2.05, 4.69) is 15.7 Å². The number of hydrogen-bond acceptors (Lipinski definition) is 5. The third-order valence-corrected chi connectivity index (χ3v) is 5.00. The van der Waals surface area contributed by atoms with Crippen LogP contribution in [-0.4, -0.2) is 31.8 Å². The van der Waals surface area contributed by atoms with E-state index >= 15 is 0 Å². The second-order valence-corrected chi connectivity index (χ2v) is 7.44. The fourth-order valence-electron chi connectivity index (χ4n) is 3.26. The standard InChI is InChI=1S/C24H21N5O4/c1-16(30)18-7-10-20(11-8-18)26-22(31)15-29-24(33)28-14-19(9-12-21(28)27-29)23(32)25-13-17-5-3-2-4-6-17/h2-12,14H,13,15H2,1H3,(H,25,32)(H,26,31). The smallest absolute Gasteiger partial charge is 0.348 e. The third kappa shape index (κ3) is 5.04. The van der Waals surface area contributed by atoms with Crippen molar-refractivity contribution in [2.24, 2.45) is 0 Å². The predicted octanol–water partition coefficient (Wildman–Crippen LogP) is 2.27. The first-order chi connectivity index (χ1) is 15.9. The highest BCUT2D eigenvalue weighted by molar-refractivity contribution is 5.95. The third-order valence-electron chi connectivity index (χ3n) is 5.00. The van der Waals surface area contributed by atoms with E-state index in [0.29, 0.717) is 29.0 Å². The van der Waals surface area contributed by atoms with Gasteiger partial charge < -0.3 is 10.6 Å². The normalized spacial score (nSPS) is 10.7. The number of pyridine rings is 1. The quantitative estimate of drug-likeness (QED) is 0.425. The molecule has 2 aromatic carbocycles. The van der Waals surface area contributed by atoms with E-state index in [1.54, 1.807) is 36.4 Å². The number of fused-ring (bicyclic) bond motifs is 1. The molecular formula is C24H21N5O4. The number of anilines is 1. The van der Waals surface area contributed by atoms with Gasteiger partial charge in [-0.15, -0.1) is 5.10 Å². The van der Waals surface area contributed by atoms with Gasteiger partial charge in [0.15, 0.2) is 11.4 Å². The number of Topliss-reactive ketones (excluding diaryl/α,β-unsaturated/α-hetero) is 1. The van der Waals surface area contributed by atoms with E-state index < -0.39 is 11.6 Å². The van der Waals surface area contributed by atoms with Gasteiger partial charge in [-0.1, -0.05) is 30.3 Å². The van der Waals surface area contributed by atoms with Crippen LogP contribution in [0.15, 0.2) is 77.7 Å². The topological polar surface area (TPSA) is 115 Å². The Hall–Kier alpha value is -4.53. The first-order valence-electron chi connectivity index (χ1n) is 10.2. The SMILES string of the molecule is CC(=O)c1ccc(NC(=O)Cn2nc3ccc(C(=O)NCc4ccccc4)cn3c2=O)cc1.